The van der Waals surface area contributed by atoms with Crippen molar-refractivity contribution in [1.82, 2.24) is 0 Å². The molecule has 0 aliphatic rings. The number of Topliss-reactive ketones (excluding diaryl/α,β-unsaturated/α-hetero) is 2. The van der Waals surface area contributed by atoms with E-state index < -0.39 is 23.7 Å². The van der Waals surface area contributed by atoms with Crippen LogP contribution >= 0.6 is 11.6 Å². The first-order valence-corrected chi connectivity index (χ1v) is 5.02. The zero-order valence-electron chi connectivity index (χ0n) is 8.72. The molecule has 0 heterocycles. The Balaban J connectivity index is 2.91. The number of rotatable bonds is 3. The molecule has 0 fully saturated rings. The van der Waals surface area contributed by atoms with Gasteiger partial charge in [0.2, 0.25) is 5.78 Å². The Labute approximate surface area is 100 Å². The molecule has 0 aliphatic carbocycles. The van der Waals surface area contributed by atoms with Gasteiger partial charge in [-0.15, -0.1) is 0 Å². The maximum atomic E-state index is 12.1. The van der Waals surface area contributed by atoms with E-state index in [9.17, 15) is 22.8 Å². The number of ketones is 2. The van der Waals surface area contributed by atoms with Gasteiger partial charge in [0.25, 0.3) is 0 Å². The number of halogens is 4. The number of carbonyl (C=O) groups excluding carboxylic acids is 2. The molecule has 1 atom stereocenters. The maximum Gasteiger partial charge on any atom is 0.450 e. The lowest BCUT2D eigenvalue weighted by molar-refractivity contribution is -0.173. The molecule has 1 unspecified atom stereocenters. The van der Waals surface area contributed by atoms with E-state index >= 15 is 0 Å². The average Bonchev–Trinajstić information content (AvgIpc) is 2.26. The van der Waals surface area contributed by atoms with Crippen molar-refractivity contribution in [1.29, 1.82) is 0 Å². The fraction of sp³-hybridized carbons (Fsp3) is 0.273. The van der Waals surface area contributed by atoms with Crippen LogP contribution in [0.15, 0.2) is 24.3 Å². The van der Waals surface area contributed by atoms with Gasteiger partial charge in [-0.1, -0.05) is 11.6 Å². The van der Waals surface area contributed by atoms with Gasteiger partial charge in [0.15, 0.2) is 5.78 Å². The Kier molecular flexibility index (Phi) is 3.93. The fourth-order valence-electron chi connectivity index (χ4n) is 1.23. The Hall–Kier alpha value is -1.36. The molecule has 6 heteroatoms. The maximum absolute atomic E-state index is 12.1. The summed E-state index contributed by atoms with van der Waals surface area (Å²) >= 11 is 5.57. The van der Waals surface area contributed by atoms with Crippen molar-refractivity contribution in [3.05, 3.63) is 34.9 Å². The molecule has 0 radical (unpaired) electrons. The second kappa shape index (κ2) is 4.87. The summed E-state index contributed by atoms with van der Waals surface area (Å²) in [4.78, 5) is 22.5. The summed E-state index contributed by atoms with van der Waals surface area (Å²) in [6.45, 7) is 0.937. The molecule has 0 bridgehead atoms. The summed E-state index contributed by atoms with van der Waals surface area (Å²) < 4.78 is 36.4. The minimum Gasteiger partial charge on any atom is -0.293 e. The second-order valence-corrected chi connectivity index (χ2v) is 3.89. The van der Waals surface area contributed by atoms with E-state index in [2.05, 4.69) is 0 Å². The lowest BCUT2D eigenvalue weighted by atomic mass is 9.95. The Morgan fingerprint density at radius 1 is 1.18 bits per heavy atom. The smallest absolute Gasteiger partial charge is 0.293 e. The molecule has 0 aliphatic heterocycles. The van der Waals surface area contributed by atoms with Crippen molar-refractivity contribution in [2.75, 3.05) is 0 Å². The van der Waals surface area contributed by atoms with E-state index in [-0.39, 0.29) is 5.56 Å². The van der Waals surface area contributed by atoms with Crippen molar-refractivity contribution in [2.45, 2.75) is 13.1 Å². The third-order valence-corrected chi connectivity index (χ3v) is 2.45. The summed E-state index contributed by atoms with van der Waals surface area (Å²) in [6, 6.07) is 5.31. The summed E-state index contributed by atoms with van der Waals surface area (Å²) in [6.07, 6.45) is -5.00. The van der Waals surface area contributed by atoms with Gasteiger partial charge in [-0.05, 0) is 31.2 Å². The third-order valence-electron chi connectivity index (χ3n) is 2.19. The molecule has 0 N–H and O–H groups in total. The molecular formula is C11H8ClF3O2. The van der Waals surface area contributed by atoms with E-state index in [1.54, 1.807) is 0 Å². The zero-order valence-corrected chi connectivity index (χ0v) is 9.47. The normalized spacial score (nSPS) is 13.2. The molecule has 17 heavy (non-hydrogen) atoms. The highest BCUT2D eigenvalue weighted by Gasteiger charge is 2.44. The minimum absolute atomic E-state index is 0.0273. The van der Waals surface area contributed by atoms with E-state index in [0.717, 1.165) is 6.92 Å². The van der Waals surface area contributed by atoms with Crippen molar-refractivity contribution < 1.29 is 22.8 Å². The molecule has 0 saturated heterocycles. The molecule has 0 saturated carbocycles. The van der Waals surface area contributed by atoms with Crippen molar-refractivity contribution in [2.24, 2.45) is 5.92 Å². The summed E-state index contributed by atoms with van der Waals surface area (Å²) in [7, 11) is 0. The van der Waals surface area contributed by atoms with Gasteiger partial charge in [-0.25, -0.2) is 0 Å². The van der Waals surface area contributed by atoms with Crippen LogP contribution in [0.5, 0.6) is 0 Å². The third kappa shape index (κ3) is 3.30. The SMILES string of the molecule is CC(C(=O)c1ccc(Cl)cc1)C(=O)C(F)(F)F. The second-order valence-electron chi connectivity index (χ2n) is 3.45. The highest BCUT2D eigenvalue weighted by molar-refractivity contribution is 6.30. The Bertz CT molecular complexity index is 437. The van der Waals surface area contributed by atoms with E-state index in [1.807, 2.05) is 0 Å². The number of carbonyl (C=O) groups is 2. The van der Waals surface area contributed by atoms with Gasteiger partial charge in [0, 0.05) is 10.6 Å². The van der Waals surface area contributed by atoms with Crippen LogP contribution in [0.3, 0.4) is 0 Å². The zero-order chi connectivity index (χ0) is 13.2. The van der Waals surface area contributed by atoms with Crippen LogP contribution in [0.1, 0.15) is 17.3 Å². The van der Waals surface area contributed by atoms with Crippen molar-refractivity contribution in [3.8, 4) is 0 Å². The first-order valence-electron chi connectivity index (χ1n) is 4.64. The monoisotopic (exact) mass is 264 g/mol. The van der Waals surface area contributed by atoms with Gasteiger partial charge in [0.05, 0.1) is 5.92 Å². The average molecular weight is 265 g/mol. The molecule has 1 aromatic rings. The van der Waals surface area contributed by atoms with Crippen LogP contribution in [0, 0.1) is 5.92 Å². The predicted molar refractivity (Wildman–Crippen MR) is 56.0 cm³/mol. The lowest BCUT2D eigenvalue weighted by Crippen LogP contribution is -2.33. The van der Waals surface area contributed by atoms with E-state index in [4.69, 9.17) is 11.6 Å². The van der Waals surface area contributed by atoms with Crippen LogP contribution in [0.2, 0.25) is 5.02 Å². The molecular weight excluding hydrogens is 257 g/mol. The Morgan fingerprint density at radius 2 is 1.65 bits per heavy atom. The summed E-state index contributed by atoms with van der Waals surface area (Å²) in [5.41, 5.74) is 0.0273. The van der Waals surface area contributed by atoms with Crippen LogP contribution in [0.25, 0.3) is 0 Å². The number of alkyl halides is 3. The first-order chi connectivity index (χ1) is 7.73. The van der Waals surface area contributed by atoms with Gasteiger partial charge < -0.3 is 0 Å². The number of hydrogen-bond acceptors (Lipinski definition) is 2. The van der Waals surface area contributed by atoms with Gasteiger partial charge in [-0.2, -0.15) is 13.2 Å². The Morgan fingerprint density at radius 3 is 2.06 bits per heavy atom. The summed E-state index contributed by atoms with van der Waals surface area (Å²) in [5, 5.41) is 0.358. The van der Waals surface area contributed by atoms with Crippen molar-refractivity contribution >= 4 is 23.2 Å². The highest BCUT2D eigenvalue weighted by Crippen LogP contribution is 2.23. The van der Waals surface area contributed by atoms with Gasteiger partial charge >= 0.3 is 6.18 Å². The fourth-order valence-corrected chi connectivity index (χ4v) is 1.35. The molecule has 0 spiro atoms. The lowest BCUT2D eigenvalue weighted by Gasteiger charge is -2.11. The molecule has 0 amide bonds. The molecule has 92 valence electrons. The predicted octanol–water partition coefficient (Wildman–Crippen LogP) is 3.29. The van der Waals surface area contributed by atoms with Crippen LogP contribution in [-0.2, 0) is 4.79 Å². The largest absolute Gasteiger partial charge is 0.450 e. The molecule has 1 rings (SSSR count). The minimum atomic E-state index is -5.00. The van der Waals surface area contributed by atoms with Gasteiger partial charge in [-0.3, -0.25) is 9.59 Å². The summed E-state index contributed by atoms with van der Waals surface area (Å²) in [5.74, 6) is -4.65. The van der Waals surface area contributed by atoms with Crippen molar-refractivity contribution in [3.63, 3.8) is 0 Å². The quantitative estimate of drug-likeness (QED) is 0.620. The topological polar surface area (TPSA) is 34.1 Å². The molecule has 2 nitrogen and oxygen atoms in total. The number of hydrogen-bond donors (Lipinski definition) is 0. The first kappa shape index (κ1) is 13.7. The van der Waals surface area contributed by atoms with E-state index in [1.165, 1.54) is 24.3 Å². The van der Waals surface area contributed by atoms with Gasteiger partial charge in [0.1, 0.15) is 0 Å². The molecule has 1 aromatic carbocycles. The van der Waals surface area contributed by atoms with E-state index in [0.29, 0.717) is 5.02 Å². The van der Waals surface area contributed by atoms with Crippen LogP contribution in [0.4, 0.5) is 13.2 Å². The van der Waals surface area contributed by atoms with Crippen LogP contribution in [-0.4, -0.2) is 17.7 Å². The highest BCUT2D eigenvalue weighted by atomic mass is 35.5. The number of benzene rings is 1. The standard InChI is InChI=1S/C11H8ClF3O2/c1-6(10(17)11(13,14)15)9(16)7-2-4-8(12)5-3-7/h2-6H,1H3. The molecule has 0 aromatic heterocycles. The van der Waals surface area contributed by atoms with Crippen LogP contribution < -0.4 is 0 Å².